The average Bonchev–Trinajstić information content (AvgIpc) is 2.30. The largest absolute Gasteiger partial charge is 0.293 e. The molecule has 0 fully saturated rings. The minimum Gasteiger partial charge on any atom is -0.293 e. The second kappa shape index (κ2) is 4.05. The molecule has 0 saturated heterocycles. The third kappa shape index (κ3) is 1.82. The molecule has 3 nitrogen and oxygen atoms in total. The van der Waals surface area contributed by atoms with Crippen molar-refractivity contribution in [2.45, 2.75) is 13.3 Å². The molecule has 1 aromatic rings. The monoisotopic (exact) mass is 187 g/mol. The SMILES string of the molecule is CCc1ccc(N2C=CCN=C2)nc1. The minimum atomic E-state index is 0.767. The highest BCUT2D eigenvalue weighted by atomic mass is 15.2. The molecule has 0 N–H and O–H groups in total. The number of hydrogen-bond donors (Lipinski definition) is 0. The van der Waals surface area contributed by atoms with Gasteiger partial charge in [0, 0.05) is 12.4 Å². The van der Waals surface area contributed by atoms with E-state index in [1.165, 1.54) is 5.56 Å². The van der Waals surface area contributed by atoms with Gasteiger partial charge in [0.2, 0.25) is 0 Å². The van der Waals surface area contributed by atoms with E-state index in [1.807, 2.05) is 29.4 Å². The molecular weight excluding hydrogens is 174 g/mol. The van der Waals surface area contributed by atoms with Crippen LogP contribution in [0, 0.1) is 0 Å². The zero-order chi connectivity index (χ0) is 9.80. The number of nitrogens with zero attached hydrogens (tertiary/aromatic N) is 3. The molecule has 1 aliphatic heterocycles. The summed E-state index contributed by atoms with van der Waals surface area (Å²) in [6.45, 7) is 2.89. The lowest BCUT2D eigenvalue weighted by Gasteiger charge is -2.15. The van der Waals surface area contributed by atoms with Crippen molar-refractivity contribution in [1.29, 1.82) is 0 Å². The summed E-state index contributed by atoms with van der Waals surface area (Å²) < 4.78 is 0. The van der Waals surface area contributed by atoms with E-state index in [9.17, 15) is 0 Å². The summed E-state index contributed by atoms with van der Waals surface area (Å²) in [4.78, 5) is 10.4. The molecule has 0 aromatic carbocycles. The van der Waals surface area contributed by atoms with Gasteiger partial charge in [0.05, 0.1) is 12.9 Å². The van der Waals surface area contributed by atoms with Gasteiger partial charge in [0.15, 0.2) is 0 Å². The van der Waals surface area contributed by atoms with Crippen LogP contribution in [0.2, 0.25) is 0 Å². The van der Waals surface area contributed by atoms with Crippen molar-refractivity contribution in [2.75, 3.05) is 11.4 Å². The predicted octanol–water partition coefficient (Wildman–Crippen LogP) is 2.01. The quantitative estimate of drug-likeness (QED) is 0.708. The van der Waals surface area contributed by atoms with Crippen LogP contribution < -0.4 is 4.90 Å². The van der Waals surface area contributed by atoms with Crippen molar-refractivity contribution in [3.8, 4) is 0 Å². The van der Waals surface area contributed by atoms with E-state index in [0.29, 0.717) is 0 Å². The highest BCUT2D eigenvalue weighted by Crippen LogP contribution is 2.11. The molecule has 0 radical (unpaired) electrons. The van der Waals surface area contributed by atoms with Crippen molar-refractivity contribution in [1.82, 2.24) is 4.98 Å². The minimum absolute atomic E-state index is 0.767. The zero-order valence-corrected chi connectivity index (χ0v) is 8.22. The van der Waals surface area contributed by atoms with E-state index in [2.05, 4.69) is 23.0 Å². The Morgan fingerprint density at radius 3 is 2.93 bits per heavy atom. The highest BCUT2D eigenvalue weighted by molar-refractivity contribution is 5.80. The summed E-state index contributed by atoms with van der Waals surface area (Å²) in [5.41, 5.74) is 1.26. The Balaban J connectivity index is 2.19. The predicted molar refractivity (Wildman–Crippen MR) is 58.6 cm³/mol. The summed E-state index contributed by atoms with van der Waals surface area (Å²) in [7, 11) is 0. The van der Waals surface area contributed by atoms with Crippen LogP contribution in [-0.2, 0) is 6.42 Å². The third-order valence-electron chi connectivity index (χ3n) is 2.16. The summed E-state index contributed by atoms with van der Waals surface area (Å²) in [5, 5.41) is 0. The fourth-order valence-electron chi connectivity index (χ4n) is 1.31. The van der Waals surface area contributed by atoms with Gasteiger partial charge in [-0.25, -0.2) is 4.98 Å². The fraction of sp³-hybridized carbons (Fsp3) is 0.273. The lowest BCUT2D eigenvalue weighted by Crippen LogP contribution is -2.17. The number of aliphatic imine (C=N–C) groups is 1. The lowest BCUT2D eigenvalue weighted by molar-refractivity contribution is 1.08. The van der Waals surface area contributed by atoms with Crippen LogP contribution >= 0.6 is 0 Å². The van der Waals surface area contributed by atoms with Crippen molar-refractivity contribution in [3.63, 3.8) is 0 Å². The Bertz CT molecular complexity index is 339. The number of aryl methyl sites for hydroxylation is 1. The van der Waals surface area contributed by atoms with Crippen molar-refractivity contribution in [3.05, 3.63) is 36.2 Å². The molecule has 0 spiro atoms. The second-order valence-corrected chi connectivity index (χ2v) is 3.15. The summed E-state index contributed by atoms with van der Waals surface area (Å²) >= 11 is 0. The molecule has 2 heterocycles. The summed E-state index contributed by atoms with van der Waals surface area (Å²) in [6.07, 6.45) is 8.73. The standard InChI is InChI=1S/C11H13N3/c1-2-10-4-5-11(13-8-10)14-7-3-6-12-9-14/h3-5,7-9H,2,6H2,1H3. The van der Waals surface area contributed by atoms with Crippen LogP contribution in [0.25, 0.3) is 0 Å². The van der Waals surface area contributed by atoms with E-state index in [-0.39, 0.29) is 0 Å². The first kappa shape index (κ1) is 8.94. The molecule has 72 valence electrons. The average molecular weight is 187 g/mol. The van der Waals surface area contributed by atoms with Gasteiger partial charge < -0.3 is 0 Å². The van der Waals surface area contributed by atoms with E-state index < -0.39 is 0 Å². The maximum atomic E-state index is 4.36. The van der Waals surface area contributed by atoms with Gasteiger partial charge in [-0.1, -0.05) is 13.0 Å². The summed E-state index contributed by atoms with van der Waals surface area (Å²) in [6, 6.07) is 4.11. The van der Waals surface area contributed by atoms with Crippen LogP contribution in [0.1, 0.15) is 12.5 Å². The van der Waals surface area contributed by atoms with Crippen LogP contribution in [-0.4, -0.2) is 17.9 Å². The Kier molecular flexibility index (Phi) is 2.58. The molecule has 2 rings (SSSR count). The summed E-state index contributed by atoms with van der Waals surface area (Å²) in [5.74, 6) is 0.918. The number of anilines is 1. The Morgan fingerprint density at radius 2 is 2.36 bits per heavy atom. The van der Waals surface area contributed by atoms with Gasteiger partial charge in [-0.3, -0.25) is 9.89 Å². The first-order valence-electron chi connectivity index (χ1n) is 4.80. The Labute approximate surface area is 83.8 Å². The Hall–Kier alpha value is -1.64. The van der Waals surface area contributed by atoms with E-state index in [0.717, 1.165) is 18.8 Å². The number of hydrogen-bond acceptors (Lipinski definition) is 3. The molecule has 0 amide bonds. The van der Waals surface area contributed by atoms with Crippen molar-refractivity contribution in [2.24, 2.45) is 4.99 Å². The number of aromatic nitrogens is 1. The Morgan fingerprint density at radius 1 is 1.43 bits per heavy atom. The van der Waals surface area contributed by atoms with E-state index in [4.69, 9.17) is 0 Å². The fourth-order valence-corrected chi connectivity index (χ4v) is 1.31. The number of rotatable bonds is 2. The molecule has 1 aliphatic rings. The van der Waals surface area contributed by atoms with Gasteiger partial charge in [0.1, 0.15) is 5.82 Å². The first-order chi connectivity index (χ1) is 6.90. The molecule has 0 atom stereocenters. The van der Waals surface area contributed by atoms with Crippen LogP contribution in [0.5, 0.6) is 0 Å². The molecule has 0 aliphatic carbocycles. The molecule has 14 heavy (non-hydrogen) atoms. The second-order valence-electron chi connectivity index (χ2n) is 3.15. The van der Waals surface area contributed by atoms with E-state index in [1.54, 1.807) is 6.34 Å². The maximum Gasteiger partial charge on any atom is 0.137 e. The number of pyridine rings is 1. The molecule has 0 unspecified atom stereocenters. The molecule has 3 heteroatoms. The first-order valence-corrected chi connectivity index (χ1v) is 4.80. The topological polar surface area (TPSA) is 28.5 Å². The molecule has 1 aromatic heterocycles. The normalized spacial score (nSPS) is 14.8. The van der Waals surface area contributed by atoms with Crippen LogP contribution in [0.3, 0.4) is 0 Å². The highest BCUT2D eigenvalue weighted by Gasteiger charge is 2.02. The van der Waals surface area contributed by atoms with Gasteiger partial charge in [-0.15, -0.1) is 0 Å². The van der Waals surface area contributed by atoms with Gasteiger partial charge in [-0.2, -0.15) is 0 Å². The molecular formula is C11H13N3. The van der Waals surface area contributed by atoms with Crippen molar-refractivity contribution >= 4 is 12.2 Å². The maximum absolute atomic E-state index is 4.36. The van der Waals surface area contributed by atoms with Crippen LogP contribution in [0.15, 0.2) is 35.6 Å². The van der Waals surface area contributed by atoms with Gasteiger partial charge in [-0.05, 0) is 24.1 Å². The molecule has 0 bridgehead atoms. The lowest BCUT2D eigenvalue weighted by atomic mass is 10.2. The van der Waals surface area contributed by atoms with Crippen LogP contribution in [0.4, 0.5) is 5.82 Å². The van der Waals surface area contributed by atoms with E-state index >= 15 is 0 Å². The van der Waals surface area contributed by atoms with Gasteiger partial charge in [0.25, 0.3) is 0 Å². The smallest absolute Gasteiger partial charge is 0.137 e. The third-order valence-corrected chi connectivity index (χ3v) is 2.16. The van der Waals surface area contributed by atoms with Crippen molar-refractivity contribution < 1.29 is 0 Å². The zero-order valence-electron chi connectivity index (χ0n) is 8.22. The van der Waals surface area contributed by atoms with Gasteiger partial charge >= 0.3 is 0 Å². The molecule has 0 saturated carbocycles.